The van der Waals surface area contributed by atoms with Gasteiger partial charge in [0, 0.05) is 36.8 Å². The summed E-state index contributed by atoms with van der Waals surface area (Å²) < 4.78 is 27.8. The maximum absolute atomic E-state index is 13.9. The van der Waals surface area contributed by atoms with Crippen LogP contribution in [0.15, 0.2) is 78.9 Å². The molecule has 32 heavy (non-hydrogen) atoms. The lowest BCUT2D eigenvalue weighted by Gasteiger charge is -2.34. The number of hydrogen-bond donors (Lipinski definition) is 1. The molecule has 4 rings (SSSR count). The first-order valence-corrected chi connectivity index (χ1v) is 11.5. The molecule has 1 fully saturated rings. The second-order valence-electron chi connectivity index (χ2n) is 7.41. The van der Waals surface area contributed by atoms with Crippen LogP contribution in [0.5, 0.6) is 0 Å². The molecule has 2 atom stereocenters. The van der Waals surface area contributed by atoms with Crippen LogP contribution in [0, 0.1) is 0 Å². The Hall–Kier alpha value is -2.62. The molecule has 1 aliphatic rings. The van der Waals surface area contributed by atoms with E-state index in [1.165, 1.54) is 6.07 Å². The molecule has 0 bridgehead atoms. The van der Waals surface area contributed by atoms with E-state index in [-0.39, 0.29) is 17.5 Å². The summed E-state index contributed by atoms with van der Waals surface area (Å²) in [4.78, 5) is 14.9. The van der Waals surface area contributed by atoms with E-state index in [0.29, 0.717) is 29.8 Å². The van der Waals surface area contributed by atoms with Crippen molar-refractivity contribution in [3.8, 4) is 11.1 Å². The lowest BCUT2D eigenvalue weighted by molar-refractivity contribution is 0.0703. The van der Waals surface area contributed by atoms with Crippen molar-refractivity contribution >= 4 is 15.1 Å². The topological polar surface area (TPSA) is 32.3 Å². The first-order chi connectivity index (χ1) is 15.4. The molecule has 6 heteroatoms. The Kier molecular flexibility index (Phi) is 8.11. The minimum Gasteiger partial charge on any atom is -0.335 e. The minimum absolute atomic E-state index is 0.0476. The van der Waals surface area contributed by atoms with Crippen LogP contribution in [0.1, 0.15) is 41.4 Å². The van der Waals surface area contributed by atoms with Crippen LogP contribution < -0.4 is 5.32 Å². The predicted molar refractivity (Wildman–Crippen MR) is 130 cm³/mol. The molecular formula is C26H29F2N2OP. The fraction of sp³-hybridized carbons (Fsp3) is 0.269. The molecule has 0 aliphatic carbocycles. The zero-order valence-electron chi connectivity index (χ0n) is 18.4. The summed E-state index contributed by atoms with van der Waals surface area (Å²) in [5.41, 5.74) is -0.238. The maximum atomic E-state index is 13.9. The van der Waals surface area contributed by atoms with Crippen molar-refractivity contribution in [3.05, 3.63) is 95.6 Å². The Morgan fingerprint density at radius 3 is 2.25 bits per heavy atom. The Labute approximate surface area is 191 Å². The van der Waals surface area contributed by atoms with Crippen LogP contribution in [0.2, 0.25) is 0 Å². The highest BCUT2D eigenvalue weighted by molar-refractivity contribution is 7.17. The van der Waals surface area contributed by atoms with Gasteiger partial charge in [0.15, 0.2) is 0 Å². The zero-order valence-corrected chi connectivity index (χ0v) is 19.5. The van der Waals surface area contributed by atoms with Gasteiger partial charge < -0.3 is 10.2 Å². The van der Waals surface area contributed by atoms with Crippen LogP contribution in [0.4, 0.5) is 8.78 Å². The van der Waals surface area contributed by atoms with Crippen molar-refractivity contribution < 1.29 is 13.6 Å². The highest BCUT2D eigenvalue weighted by Crippen LogP contribution is 2.40. The molecule has 168 valence electrons. The third-order valence-electron chi connectivity index (χ3n) is 5.39. The molecule has 1 saturated heterocycles. The lowest BCUT2D eigenvalue weighted by Crippen LogP contribution is -2.48. The molecule has 3 aromatic rings. The van der Waals surface area contributed by atoms with E-state index in [9.17, 15) is 13.6 Å². The summed E-state index contributed by atoms with van der Waals surface area (Å²) in [5.74, 6) is -0.0476. The van der Waals surface area contributed by atoms with Gasteiger partial charge in [-0.1, -0.05) is 89.8 Å². The number of carbonyl (C=O) groups is 1. The average molecular weight is 455 g/mol. The molecule has 1 heterocycles. The number of piperazine rings is 1. The molecule has 1 amide bonds. The summed E-state index contributed by atoms with van der Waals surface area (Å²) in [7, 11) is 1.59. The van der Waals surface area contributed by atoms with Crippen LogP contribution in [-0.4, -0.2) is 30.4 Å². The Morgan fingerprint density at radius 2 is 1.59 bits per heavy atom. The maximum Gasteiger partial charge on any atom is 0.284 e. The normalized spacial score (nSPS) is 16.2. The van der Waals surface area contributed by atoms with Gasteiger partial charge in [0.1, 0.15) is 0 Å². The van der Waals surface area contributed by atoms with Gasteiger partial charge in [0.25, 0.3) is 11.6 Å². The summed E-state index contributed by atoms with van der Waals surface area (Å²) in [6.07, 6.45) is 0. The molecule has 1 N–H and O–H groups in total. The number of hydrogen-bond acceptors (Lipinski definition) is 2. The largest absolute Gasteiger partial charge is 0.335 e. The number of rotatable bonds is 4. The molecule has 0 saturated carbocycles. The third kappa shape index (κ3) is 5.59. The van der Waals surface area contributed by atoms with Crippen molar-refractivity contribution in [2.75, 3.05) is 19.6 Å². The van der Waals surface area contributed by atoms with E-state index in [1.807, 2.05) is 36.9 Å². The van der Waals surface area contributed by atoms with Crippen molar-refractivity contribution in [1.29, 1.82) is 0 Å². The predicted octanol–water partition coefficient (Wildman–Crippen LogP) is 6.09. The van der Waals surface area contributed by atoms with E-state index in [4.69, 9.17) is 0 Å². The molecule has 2 unspecified atom stereocenters. The van der Waals surface area contributed by atoms with Crippen molar-refractivity contribution in [2.24, 2.45) is 0 Å². The second-order valence-corrected chi connectivity index (χ2v) is 8.14. The van der Waals surface area contributed by atoms with Crippen LogP contribution in [0.25, 0.3) is 11.1 Å². The number of nitrogens with zero attached hydrogens (tertiary/aromatic N) is 1. The van der Waals surface area contributed by atoms with E-state index in [0.717, 1.165) is 12.1 Å². The van der Waals surface area contributed by atoms with Crippen molar-refractivity contribution in [2.45, 2.75) is 25.6 Å². The number of carbonyl (C=O) groups excluding carboxylic acids is 1. The molecule has 0 aromatic heterocycles. The highest BCUT2D eigenvalue weighted by Gasteiger charge is 2.28. The highest BCUT2D eigenvalue weighted by atomic mass is 31.0. The lowest BCUT2D eigenvalue weighted by atomic mass is 9.98. The fourth-order valence-electron chi connectivity index (χ4n) is 3.84. The number of benzene rings is 3. The molecule has 3 nitrogen and oxygen atoms in total. The number of nitrogens with one attached hydrogen (secondary N) is 1. The van der Waals surface area contributed by atoms with Gasteiger partial charge in [-0.15, -0.1) is 0 Å². The molecule has 1 aliphatic heterocycles. The first kappa shape index (κ1) is 24.0. The average Bonchev–Trinajstić information content (AvgIpc) is 2.85. The zero-order chi connectivity index (χ0) is 23.1. The molecule has 0 spiro atoms. The van der Waals surface area contributed by atoms with Crippen LogP contribution >= 0.6 is 9.24 Å². The summed E-state index contributed by atoms with van der Waals surface area (Å²) in [5, 5.41) is 3.46. The van der Waals surface area contributed by atoms with E-state index in [1.54, 1.807) is 51.7 Å². The minimum atomic E-state index is -3.02. The van der Waals surface area contributed by atoms with Gasteiger partial charge in [0.2, 0.25) is 0 Å². The molecular weight excluding hydrogens is 425 g/mol. The van der Waals surface area contributed by atoms with Gasteiger partial charge >= 0.3 is 0 Å². The standard InChI is InChI=1S/C24H23F2N2OP.C2H6/c25-24(26,30)21-9-5-4-8-20(21)17-10-12-19(13-11-17)23(29)28-15-14-27-22(16-28)18-6-2-1-3-7-18;1-2/h1-13,22,27H,14-16,30H2;1-2H3. The first-order valence-electron chi connectivity index (χ1n) is 10.9. The second kappa shape index (κ2) is 10.8. The number of halogens is 2. The monoisotopic (exact) mass is 454 g/mol. The van der Waals surface area contributed by atoms with E-state index < -0.39 is 5.66 Å². The van der Waals surface area contributed by atoms with Gasteiger partial charge in [-0.25, -0.2) is 0 Å². The number of amides is 1. The smallest absolute Gasteiger partial charge is 0.284 e. The van der Waals surface area contributed by atoms with Crippen LogP contribution in [0.3, 0.4) is 0 Å². The van der Waals surface area contributed by atoms with E-state index >= 15 is 0 Å². The molecule has 3 aromatic carbocycles. The summed E-state index contributed by atoms with van der Waals surface area (Å²) in [6, 6.07) is 23.5. The number of alkyl halides is 2. The molecule has 0 radical (unpaired) electrons. The quantitative estimate of drug-likeness (QED) is 0.484. The summed E-state index contributed by atoms with van der Waals surface area (Å²) >= 11 is 0. The fourth-order valence-corrected chi connectivity index (χ4v) is 4.10. The Balaban J connectivity index is 0.00000141. The third-order valence-corrected chi connectivity index (χ3v) is 5.70. The van der Waals surface area contributed by atoms with Gasteiger partial charge in [-0.05, 0) is 28.8 Å². The van der Waals surface area contributed by atoms with E-state index in [2.05, 4.69) is 17.4 Å². The van der Waals surface area contributed by atoms with Crippen molar-refractivity contribution in [3.63, 3.8) is 0 Å². The summed E-state index contributed by atoms with van der Waals surface area (Å²) in [6.45, 7) is 5.94. The SMILES string of the molecule is CC.O=C(c1ccc(-c2ccccc2C(F)(F)P)cc1)N1CCNC(c2ccccc2)C1. The Bertz CT molecular complexity index is 1020. The van der Waals surface area contributed by atoms with Gasteiger partial charge in [0.05, 0.1) is 0 Å². The Morgan fingerprint density at radius 1 is 0.969 bits per heavy atom. The van der Waals surface area contributed by atoms with Gasteiger partial charge in [-0.2, -0.15) is 8.78 Å². The van der Waals surface area contributed by atoms with Crippen LogP contribution in [-0.2, 0) is 5.66 Å². The van der Waals surface area contributed by atoms with Crippen molar-refractivity contribution in [1.82, 2.24) is 10.2 Å². The van der Waals surface area contributed by atoms with Gasteiger partial charge in [-0.3, -0.25) is 4.79 Å².